The highest BCUT2D eigenvalue weighted by atomic mass is 16.8. The number of carbonyl (C=O) groups is 1. The van der Waals surface area contributed by atoms with Crippen molar-refractivity contribution >= 4 is 5.78 Å². The van der Waals surface area contributed by atoms with E-state index in [-0.39, 0.29) is 47.6 Å². The van der Waals surface area contributed by atoms with Gasteiger partial charge in [0.2, 0.25) is 0 Å². The van der Waals surface area contributed by atoms with Crippen LogP contribution in [0.15, 0.2) is 15.3 Å². The van der Waals surface area contributed by atoms with Gasteiger partial charge in [-0.2, -0.15) is 0 Å². The van der Waals surface area contributed by atoms with Gasteiger partial charge in [-0.25, -0.2) is 0 Å². The molecule has 69 heavy (non-hydrogen) atoms. The van der Waals surface area contributed by atoms with Gasteiger partial charge in [0.15, 0.2) is 43.5 Å². The van der Waals surface area contributed by atoms with Crippen LogP contribution in [0.1, 0.15) is 122 Å². The molecule has 6 heterocycles. The summed E-state index contributed by atoms with van der Waals surface area (Å²) in [6, 6.07) is -2.09. The van der Waals surface area contributed by atoms with Crippen LogP contribution in [0, 0.1) is 41.4 Å². The molecule has 0 saturated carbocycles. The molecule has 0 N–H and O–H groups in total. The van der Waals surface area contributed by atoms with Crippen LogP contribution in [0.2, 0.25) is 0 Å². The standard InChI is InChI=1S/C47H79N9O13/c1-14-30-21(4)22(5)34(51-54-48)45(61-30)68-40-27(10)41(64-33-19-17-18-20-59-33)47(69-42(40)28(11)57)67-39-26(9)36(53-56-50)46(63-32(39)16-3)65-37-23(6)24(7)43(60-29(37)12)66-38-25(8)35(52-55-49)44(58-13)62-31(38)15-2/h21-27,29-47H,14-20H2,1-13H3/t21-,22-,23+,24?,25+,26+,27-,29?,30-,31?,32?,33?,34?,35?,36-,37-,38-,39-,40-,41-,42-,43+,44-,45+,46?,47?/m0/s1. The Labute approximate surface area is 406 Å². The summed E-state index contributed by atoms with van der Waals surface area (Å²) in [6.45, 7) is 24.0. The maximum Gasteiger partial charge on any atom is 0.185 e. The molecule has 9 unspecified atom stereocenters. The zero-order chi connectivity index (χ0) is 50.3. The van der Waals surface area contributed by atoms with Gasteiger partial charge in [0.25, 0.3) is 0 Å². The summed E-state index contributed by atoms with van der Waals surface area (Å²) in [5, 5.41) is 12.4. The molecule has 22 heteroatoms. The Morgan fingerprint density at radius 1 is 0.522 bits per heavy atom. The van der Waals surface area contributed by atoms with E-state index in [0.29, 0.717) is 25.9 Å². The number of ether oxygens (including phenoxy) is 12. The summed E-state index contributed by atoms with van der Waals surface area (Å²) in [7, 11) is 1.53. The summed E-state index contributed by atoms with van der Waals surface area (Å²) in [4.78, 5) is 23.1. The SMILES string of the molecule is CCC1OC(O[C@@H]2C(C)O[C@H](O[C@@H]3C(CC)O[C@H](OC)C(N=[N+]=[N-])[C@H]3C)C(C)[C@H]2C)[C@@H](N=[N+]=[N-])[C@@H](C)[C@@H]1OC1O[C@@H](C(C)=O)[C@@H](O[C@H]2O[C@@H](CC)[C@@H](C)[C@H](C)C2N=[N+]=[N-])[C@H](C)[C@@H]1OC1CCCCO1. The number of carbonyl (C=O) groups excluding carboxylic acids is 1. The highest BCUT2D eigenvalue weighted by molar-refractivity contribution is 5.81. The summed E-state index contributed by atoms with van der Waals surface area (Å²) < 4.78 is 78.4. The third-order valence-electron chi connectivity index (χ3n) is 16.0. The molecule has 0 amide bonds. The molecule has 0 aromatic rings. The first-order valence-corrected chi connectivity index (χ1v) is 25.4. The Balaban J connectivity index is 1.21. The minimum Gasteiger partial charge on any atom is -0.355 e. The zero-order valence-electron chi connectivity index (χ0n) is 42.8. The van der Waals surface area contributed by atoms with Crippen molar-refractivity contribution in [1.29, 1.82) is 0 Å². The molecule has 0 aromatic carbocycles. The van der Waals surface area contributed by atoms with Crippen LogP contribution in [0.3, 0.4) is 0 Å². The van der Waals surface area contributed by atoms with Crippen LogP contribution in [0.5, 0.6) is 0 Å². The fraction of sp³-hybridized carbons (Fsp3) is 0.979. The Hall–Kier alpha value is -2.88. The summed E-state index contributed by atoms with van der Waals surface area (Å²) >= 11 is 0. The number of methoxy groups -OCH3 is 1. The molecule has 0 radical (unpaired) electrons. The second kappa shape index (κ2) is 25.2. The fourth-order valence-corrected chi connectivity index (χ4v) is 11.3. The molecule has 0 aromatic heterocycles. The zero-order valence-corrected chi connectivity index (χ0v) is 42.8. The molecular formula is C47H79N9O13. The first-order valence-electron chi connectivity index (χ1n) is 25.4. The van der Waals surface area contributed by atoms with E-state index in [9.17, 15) is 21.4 Å². The average molecular weight is 978 g/mol. The molecule has 6 fully saturated rings. The summed E-state index contributed by atoms with van der Waals surface area (Å²) in [5.74, 6) is -1.76. The highest BCUT2D eigenvalue weighted by Crippen LogP contribution is 2.44. The molecule has 6 aliphatic heterocycles. The van der Waals surface area contributed by atoms with Gasteiger partial charge in [0.1, 0.15) is 12.2 Å². The third-order valence-corrected chi connectivity index (χ3v) is 16.0. The first kappa shape index (κ1) is 55.4. The van der Waals surface area contributed by atoms with Crippen molar-refractivity contribution in [2.75, 3.05) is 13.7 Å². The van der Waals surface area contributed by atoms with Gasteiger partial charge < -0.3 is 56.8 Å². The Kier molecular flexibility index (Phi) is 20.2. The Morgan fingerprint density at radius 3 is 1.55 bits per heavy atom. The number of Topliss-reactive ketones (excluding diaryl/α,β-unsaturated/α-hetero) is 1. The van der Waals surface area contributed by atoms with Gasteiger partial charge in [-0.3, -0.25) is 4.79 Å². The van der Waals surface area contributed by atoms with Crippen molar-refractivity contribution in [3.05, 3.63) is 31.3 Å². The largest absolute Gasteiger partial charge is 0.355 e. The van der Waals surface area contributed by atoms with Crippen LogP contribution < -0.4 is 0 Å². The molecule has 6 aliphatic rings. The molecule has 0 bridgehead atoms. The van der Waals surface area contributed by atoms with E-state index in [0.717, 1.165) is 19.3 Å². The van der Waals surface area contributed by atoms with Crippen molar-refractivity contribution in [3.63, 3.8) is 0 Å². The monoisotopic (exact) mass is 978 g/mol. The van der Waals surface area contributed by atoms with Crippen molar-refractivity contribution < 1.29 is 61.6 Å². The van der Waals surface area contributed by atoms with E-state index >= 15 is 0 Å². The molecule has 6 rings (SSSR count). The number of rotatable bonds is 18. The minimum absolute atomic E-state index is 0.0637. The topological polar surface area (TPSA) is 274 Å². The number of azide groups is 3. The Bertz CT molecular complexity index is 1820. The predicted molar refractivity (Wildman–Crippen MR) is 248 cm³/mol. The van der Waals surface area contributed by atoms with Crippen molar-refractivity contribution in [2.24, 2.45) is 56.8 Å². The number of ketones is 1. The maximum absolute atomic E-state index is 13.6. The van der Waals surface area contributed by atoms with Gasteiger partial charge >= 0.3 is 0 Å². The number of hydrogen-bond donors (Lipinski definition) is 0. The van der Waals surface area contributed by atoms with Crippen molar-refractivity contribution in [1.82, 2.24) is 0 Å². The van der Waals surface area contributed by atoms with Crippen LogP contribution in [0.4, 0.5) is 0 Å². The van der Waals surface area contributed by atoms with Gasteiger partial charge in [-0.05, 0) is 98.6 Å². The number of hydrogen-bond acceptors (Lipinski definition) is 16. The smallest absolute Gasteiger partial charge is 0.185 e. The molecule has 26 atom stereocenters. The van der Waals surface area contributed by atoms with Gasteiger partial charge in [-0.15, -0.1) is 0 Å². The molecular weight excluding hydrogens is 899 g/mol. The van der Waals surface area contributed by atoms with E-state index in [1.807, 2.05) is 62.3 Å². The lowest BCUT2D eigenvalue weighted by Gasteiger charge is -2.52. The lowest BCUT2D eigenvalue weighted by atomic mass is 9.81. The van der Waals surface area contributed by atoms with E-state index in [4.69, 9.17) is 56.8 Å². The minimum atomic E-state index is -1.10. The van der Waals surface area contributed by atoms with E-state index in [1.165, 1.54) is 14.0 Å². The van der Waals surface area contributed by atoms with E-state index in [1.54, 1.807) is 0 Å². The second-order valence-corrected chi connectivity index (χ2v) is 20.2. The van der Waals surface area contributed by atoms with Gasteiger partial charge in [-0.1, -0.05) is 84.6 Å². The Morgan fingerprint density at radius 2 is 1.03 bits per heavy atom. The second-order valence-electron chi connectivity index (χ2n) is 20.2. The predicted octanol–water partition coefficient (Wildman–Crippen LogP) is 9.04. The summed E-state index contributed by atoms with van der Waals surface area (Å²) in [5.41, 5.74) is 28.9. The lowest BCUT2D eigenvalue weighted by Crippen LogP contribution is -2.63. The molecule has 6 saturated heterocycles. The average Bonchev–Trinajstić information content (AvgIpc) is 3.34. The van der Waals surface area contributed by atoms with Crippen molar-refractivity contribution in [3.8, 4) is 0 Å². The molecule has 0 spiro atoms. The fourth-order valence-electron chi connectivity index (χ4n) is 11.3. The summed E-state index contributed by atoms with van der Waals surface area (Å²) in [6.07, 6.45) is -6.50. The molecule has 0 aliphatic carbocycles. The van der Waals surface area contributed by atoms with Crippen molar-refractivity contribution in [2.45, 2.75) is 239 Å². The first-order chi connectivity index (χ1) is 33.1. The van der Waals surface area contributed by atoms with Crippen LogP contribution in [0.25, 0.3) is 31.3 Å². The highest BCUT2D eigenvalue weighted by Gasteiger charge is 2.55. The van der Waals surface area contributed by atoms with E-state index in [2.05, 4.69) is 43.9 Å². The lowest BCUT2D eigenvalue weighted by molar-refractivity contribution is -0.369. The quantitative estimate of drug-likeness (QED) is 0.0705. The normalized spacial score (nSPS) is 47.2. The molecule has 390 valence electrons. The van der Waals surface area contributed by atoms with Crippen LogP contribution in [-0.4, -0.2) is 136 Å². The third kappa shape index (κ3) is 12.2. The van der Waals surface area contributed by atoms with Gasteiger partial charge in [0.05, 0.1) is 67.0 Å². The van der Waals surface area contributed by atoms with E-state index < -0.39 is 117 Å². The number of nitrogens with zero attached hydrogens (tertiary/aromatic N) is 9. The molecule has 22 nitrogen and oxygen atoms in total. The van der Waals surface area contributed by atoms with Crippen LogP contribution in [-0.2, 0) is 61.6 Å². The van der Waals surface area contributed by atoms with Crippen LogP contribution >= 0.6 is 0 Å². The van der Waals surface area contributed by atoms with Gasteiger partial charge in [0, 0.05) is 40.3 Å². The maximum atomic E-state index is 13.6.